The summed E-state index contributed by atoms with van der Waals surface area (Å²) >= 11 is 6.35. The third-order valence-electron chi connectivity index (χ3n) is 6.71. The van der Waals surface area contributed by atoms with E-state index in [4.69, 9.17) is 11.6 Å². The molecule has 0 atom stereocenters. The van der Waals surface area contributed by atoms with Crippen molar-refractivity contribution in [3.05, 3.63) is 59.0 Å². The van der Waals surface area contributed by atoms with Crippen LogP contribution in [0, 0.1) is 5.92 Å². The highest BCUT2D eigenvalue weighted by atomic mass is 35.5. The van der Waals surface area contributed by atoms with Crippen molar-refractivity contribution < 1.29 is 9.59 Å². The van der Waals surface area contributed by atoms with Gasteiger partial charge < -0.3 is 26.2 Å². The zero-order valence-corrected chi connectivity index (χ0v) is 21.3. The minimum atomic E-state index is -0.0624. The summed E-state index contributed by atoms with van der Waals surface area (Å²) in [5.41, 5.74) is 4.43. The predicted octanol–water partition coefficient (Wildman–Crippen LogP) is 4.49. The Bertz CT molecular complexity index is 1310. The zero-order chi connectivity index (χ0) is 25.8. The maximum atomic E-state index is 13.0. The van der Waals surface area contributed by atoms with Crippen molar-refractivity contribution in [2.45, 2.75) is 32.1 Å². The average molecular weight is 521 g/mol. The van der Waals surface area contributed by atoms with E-state index >= 15 is 0 Å². The molecule has 2 aliphatic heterocycles. The number of hydrogen-bond donors (Lipinski definition) is 4. The van der Waals surface area contributed by atoms with Crippen LogP contribution >= 0.6 is 11.6 Å². The molecule has 192 valence electrons. The summed E-state index contributed by atoms with van der Waals surface area (Å²) in [5.74, 6) is 1.13. The molecule has 37 heavy (non-hydrogen) atoms. The number of nitrogens with one attached hydrogen (secondary N) is 4. The van der Waals surface area contributed by atoms with Gasteiger partial charge in [-0.05, 0) is 67.0 Å². The largest absolute Gasteiger partial charge is 0.341 e. The smallest absolute Gasteiger partial charge is 0.317 e. The van der Waals surface area contributed by atoms with Gasteiger partial charge in [0, 0.05) is 44.1 Å². The standard InChI is InChI=1S/C26H29ClN8O2/c1-28-26(37)35-8-6-16(7-9-35)11-23(36)33-22-5-4-19-12-18(22)3-2-17-10-20(14-29-13-17)32-25-30-15-21(27)24(31-19)34-25/h4-5,10,12-16H,2-3,6-9,11H2,1H3,(H,28,37)(H,33,36)(H2,30,31,32,34). The molecule has 10 nitrogen and oxygen atoms in total. The van der Waals surface area contributed by atoms with Gasteiger partial charge in [-0.1, -0.05) is 11.6 Å². The van der Waals surface area contributed by atoms with E-state index in [0.29, 0.717) is 42.7 Å². The molecule has 5 rings (SSSR count). The Hall–Kier alpha value is -3.92. The highest BCUT2D eigenvalue weighted by Crippen LogP contribution is 2.30. The van der Waals surface area contributed by atoms with Crippen molar-refractivity contribution in [2.24, 2.45) is 5.92 Å². The minimum Gasteiger partial charge on any atom is -0.341 e. The first-order valence-corrected chi connectivity index (χ1v) is 12.7. The molecule has 3 amide bonds. The topological polar surface area (TPSA) is 124 Å². The number of halogens is 1. The number of likely N-dealkylation sites (tertiary alicyclic amines) is 1. The number of aromatic nitrogens is 3. The van der Waals surface area contributed by atoms with Crippen molar-refractivity contribution in [3.63, 3.8) is 0 Å². The summed E-state index contributed by atoms with van der Waals surface area (Å²) in [6.07, 6.45) is 8.61. The Balaban J connectivity index is 1.34. The van der Waals surface area contributed by atoms with Crippen LogP contribution in [0.3, 0.4) is 0 Å². The number of aryl methyl sites for hydroxylation is 2. The molecule has 0 radical (unpaired) electrons. The summed E-state index contributed by atoms with van der Waals surface area (Å²) in [7, 11) is 1.64. The van der Waals surface area contributed by atoms with Gasteiger partial charge in [0.1, 0.15) is 5.02 Å². The number of anilines is 5. The first kappa shape index (κ1) is 24.8. The van der Waals surface area contributed by atoms with Crippen LogP contribution < -0.4 is 21.3 Å². The van der Waals surface area contributed by atoms with Gasteiger partial charge in [-0.15, -0.1) is 0 Å². The Kier molecular flexibility index (Phi) is 7.36. The van der Waals surface area contributed by atoms with Crippen molar-refractivity contribution >= 4 is 52.4 Å². The normalized spacial score (nSPS) is 15.2. The van der Waals surface area contributed by atoms with Gasteiger partial charge in [-0.2, -0.15) is 4.98 Å². The molecular formula is C26H29ClN8O2. The molecule has 2 aromatic heterocycles. The van der Waals surface area contributed by atoms with E-state index in [1.807, 2.05) is 30.5 Å². The summed E-state index contributed by atoms with van der Waals surface area (Å²) < 4.78 is 0. The molecule has 4 N–H and O–H groups in total. The summed E-state index contributed by atoms with van der Waals surface area (Å²) in [5, 5.41) is 12.6. The molecule has 0 unspecified atom stereocenters. The second-order valence-corrected chi connectivity index (χ2v) is 9.74. The fourth-order valence-corrected chi connectivity index (χ4v) is 4.85. The molecule has 1 saturated heterocycles. The van der Waals surface area contributed by atoms with E-state index in [2.05, 4.69) is 36.2 Å². The lowest BCUT2D eigenvalue weighted by atomic mass is 9.93. The number of fused-ring (bicyclic) bond motifs is 6. The number of piperidine rings is 1. The predicted molar refractivity (Wildman–Crippen MR) is 144 cm³/mol. The zero-order valence-electron chi connectivity index (χ0n) is 20.6. The number of amides is 3. The fourth-order valence-electron chi connectivity index (χ4n) is 4.71. The summed E-state index contributed by atoms with van der Waals surface area (Å²) in [6.45, 7) is 1.33. The number of urea groups is 1. The van der Waals surface area contributed by atoms with Crippen LogP contribution in [0.25, 0.3) is 0 Å². The van der Waals surface area contributed by atoms with Crippen molar-refractivity contribution in [2.75, 3.05) is 36.1 Å². The number of nitrogens with zero attached hydrogens (tertiary/aromatic N) is 4. The molecule has 1 aromatic carbocycles. The van der Waals surface area contributed by atoms with E-state index in [9.17, 15) is 9.59 Å². The van der Waals surface area contributed by atoms with E-state index in [1.54, 1.807) is 24.3 Å². The maximum Gasteiger partial charge on any atom is 0.317 e. The number of rotatable bonds is 3. The SMILES string of the molecule is CNC(=O)N1CCC(CC(=O)Nc2ccc3cc2CCc2cncc(c2)Nc2ncc(Cl)c(n2)N3)CC1. The lowest BCUT2D eigenvalue weighted by Crippen LogP contribution is -2.43. The van der Waals surface area contributed by atoms with Crippen LogP contribution in [0.2, 0.25) is 5.02 Å². The number of pyridine rings is 1. The highest BCUT2D eigenvalue weighted by molar-refractivity contribution is 6.32. The Labute approximate surface area is 220 Å². The van der Waals surface area contributed by atoms with E-state index in [1.165, 1.54) is 0 Å². The van der Waals surface area contributed by atoms with Gasteiger partial charge in [0.15, 0.2) is 5.82 Å². The van der Waals surface area contributed by atoms with Gasteiger partial charge in [0.2, 0.25) is 11.9 Å². The number of benzene rings is 1. The first-order chi connectivity index (χ1) is 18.0. The number of carbonyl (C=O) groups is 2. The van der Waals surface area contributed by atoms with Crippen molar-refractivity contribution in [3.8, 4) is 0 Å². The highest BCUT2D eigenvalue weighted by Gasteiger charge is 2.24. The molecule has 3 aromatic rings. The van der Waals surface area contributed by atoms with Crippen LogP contribution in [0.15, 0.2) is 42.9 Å². The maximum absolute atomic E-state index is 13.0. The van der Waals surface area contributed by atoms with Gasteiger partial charge in [-0.3, -0.25) is 9.78 Å². The Morgan fingerprint density at radius 1 is 1.08 bits per heavy atom. The Morgan fingerprint density at radius 2 is 1.92 bits per heavy atom. The lowest BCUT2D eigenvalue weighted by Gasteiger charge is -2.31. The molecule has 2 aliphatic rings. The summed E-state index contributed by atoms with van der Waals surface area (Å²) in [4.78, 5) is 39.7. The van der Waals surface area contributed by atoms with Gasteiger partial charge >= 0.3 is 6.03 Å². The monoisotopic (exact) mass is 520 g/mol. The van der Waals surface area contributed by atoms with E-state index < -0.39 is 0 Å². The third kappa shape index (κ3) is 6.08. The second-order valence-electron chi connectivity index (χ2n) is 9.33. The van der Waals surface area contributed by atoms with Crippen LogP contribution in [0.1, 0.15) is 30.4 Å². The molecule has 4 heterocycles. The molecule has 11 heteroatoms. The Morgan fingerprint density at radius 3 is 2.73 bits per heavy atom. The fraction of sp³-hybridized carbons (Fsp3) is 0.346. The lowest BCUT2D eigenvalue weighted by molar-refractivity contribution is -0.117. The van der Waals surface area contributed by atoms with E-state index in [0.717, 1.165) is 47.5 Å². The molecule has 1 fully saturated rings. The number of hydrogen-bond acceptors (Lipinski definition) is 7. The molecular weight excluding hydrogens is 492 g/mol. The first-order valence-electron chi connectivity index (χ1n) is 12.4. The van der Waals surface area contributed by atoms with Crippen LogP contribution in [0.4, 0.5) is 33.6 Å². The van der Waals surface area contributed by atoms with Crippen LogP contribution in [0.5, 0.6) is 0 Å². The van der Waals surface area contributed by atoms with Gasteiger partial charge in [-0.25, -0.2) is 9.78 Å². The van der Waals surface area contributed by atoms with E-state index in [-0.39, 0.29) is 17.9 Å². The molecule has 6 bridgehead atoms. The second kappa shape index (κ2) is 11.0. The van der Waals surface area contributed by atoms with Crippen LogP contribution in [-0.4, -0.2) is 51.9 Å². The number of carbonyl (C=O) groups excluding carboxylic acids is 2. The van der Waals surface area contributed by atoms with Crippen molar-refractivity contribution in [1.29, 1.82) is 0 Å². The minimum absolute atomic E-state index is 0.0189. The quantitative estimate of drug-likeness (QED) is 0.401. The van der Waals surface area contributed by atoms with Gasteiger partial charge in [0.05, 0.1) is 18.1 Å². The van der Waals surface area contributed by atoms with Crippen LogP contribution in [-0.2, 0) is 17.6 Å². The van der Waals surface area contributed by atoms with Crippen molar-refractivity contribution in [1.82, 2.24) is 25.2 Å². The molecule has 0 spiro atoms. The third-order valence-corrected chi connectivity index (χ3v) is 6.99. The molecule has 0 aliphatic carbocycles. The summed E-state index contributed by atoms with van der Waals surface area (Å²) in [6, 6.07) is 7.77. The average Bonchev–Trinajstić information content (AvgIpc) is 2.91. The van der Waals surface area contributed by atoms with Gasteiger partial charge in [0.25, 0.3) is 0 Å². The molecule has 0 saturated carbocycles.